The van der Waals surface area contributed by atoms with Crippen LogP contribution < -0.4 is 0 Å². The first kappa shape index (κ1) is 15.0. The lowest BCUT2D eigenvalue weighted by Crippen LogP contribution is -2.42. The van der Waals surface area contributed by atoms with Gasteiger partial charge < -0.3 is 19.1 Å². The van der Waals surface area contributed by atoms with Gasteiger partial charge in [0.15, 0.2) is 0 Å². The highest BCUT2D eigenvalue weighted by atomic mass is 16.7. The molecule has 1 radical (unpaired) electrons. The van der Waals surface area contributed by atoms with Crippen LogP contribution in [0, 0.1) is 0 Å². The molecule has 0 spiro atoms. The van der Waals surface area contributed by atoms with Crippen molar-refractivity contribution in [2.45, 2.75) is 71.4 Å². The highest BCUT2D eigenvalue weighted by Gasteiger charge is 2.51. The van der Waals surface area contributed by atoms with Gasteiger partial charge in [-0.2, -0.15) is 0 Å². The Bertz CT molecular complexity index is 261. The second kappa shape index (κ2) is 4.57. The largest absolute Gasteiger partial charge is 0.439 e. The van der Waals surface area contributed by atoms with Crippen molar-refractivity contribution < 1.29 is 19.1 Å². The van der Waals surface area contributed by atoms with E-state index in [0.29, 0.717) is 0 Å². The van der Waals surface area contributed by atoms with Gasteiger partial charge in [-0.25, -0.2) is 0 Å². The summed E-state index contributed by atoms with van der Waals surface area (Å²) in [5.41, 5.74) is -1.39. The molecule has 1 saturated heterocycles. The van der Waals surface area contributed by atoms with Gasteiger partial charge in [0.2, 0.25) is 0 Å². The van der Waals surface area contributed by atoms with Crippen molar-refractivity contribution in [2.24, 2.45) is 0 Å². The van der Waals surface area contributed by atoms with Crippen LogP contribution in [0.4, 0.5) is 0 Å². The molecule has 0 aromatic carbocycles. The van der Waals surface area contributed by atoms with Gasteiger partial charge in [-0.05, 0) is 48.5 Å². The molecule has 1 rings (SSSR count). The number of hydrogen-bond acceptors (Lipinski definition) is 4. The fraction of sp³-hybridized carbons (Fsp3) is 1.00. The van der Waals surface area contributed by atoms with E-state index in [9.17, 15) is 5.11 Å². The summed E-state index contributed by atoms with van der Waals surface area (Å²) in [6.45, 7) is 13.3. The maximum absolute atomic E-state index is 9.53. The molecule has 1 aliphatic rings. The fourth-order valence-corrected chi connectivity index (χ4v) is 1.27. The summed E-state index contributed by atoms with van der Waals surface area (Å²) in [7, 11) is 1.02. The Kier molecular flexibility index (Phi) is 4.04. The van der Waals surface area contributed by atoms with Crippen LogP contribution in [0.25, 0.3) is 0 Å². The van der Waals surface area contributed by atoms with E-state index < -0.39 is 18.7 Å². The normalized spacial score (nSPS) is 24.8. The fourth-order valence-electron chi connectivity index (χ4n) is 1.27. The average molecular weight is 241 g/mol. The lowest BCUT2D eigenvalue weighted by molar-refractivity contribution is -0.0150. The standard InChI is InChI=1S/C11H23B2O4/c1-8(14)9(2,3)15-12-13-16-10(4,5)11(6,7)17-13/h8,14H,1-7H3. The van der Waals surface area contributed by atoms with E-state index in [-0.39, 0.29) is 11.2 Å². The Hall–Kier alpha value is -0.0301. The minimum absolute atomic E-state index is 0.369. The summed E-state index contributed by atoms with van der Waals surface area (Å²) in [5, 5.41) is 9.53. The van der Waals surface area contributed by atoms with Crippen LogP contribution in [0.2, 0.25) is 0 Å². The van der Waals surface area contributed by atoms with E-state index in [4.69, 9.17) is 14.0 Å². The molecule has 1 N–H and O–H groups in total. The number of aliphatic hydroxyl groups excluding tert-OH is 1. The Morgan fingerprint density at radius 3 is 1.94 bits per heavy atom. The van der Waals surface area contributed by atoms with E-state index in [0.717, 1.165) is 0 Å². The molecular formula is C11H23B2O4. The zero-order valence-corrected chi connectivity index (χ0v) is 11.9. The maximum Gasteiger partial charge on any atom is 0.439 e. The van der Waals surface area contributed by atoms with E-state index in [1.165, 1.54) is 7.37 Å². The molecule has 1 fully saturated rings. The predicted octanol–water partition coefficient (Wildman–Crippen LogP) is 1.37. The third kappa shape index (κ3) is 3.25. The zero-order valence-electron chi connectivity index (χ0n) is 11.9. The van der Waals surface area contributed by atoms with Gasteiger partial charge in [0.1, 0.15) is 0 Å². The smallest absolute Gasteiger partial charge is 0.436 e. The molecule has 0 bridgehead atoms. The minimum Gasteiger partial charge on any atom is -0.436 e. The lowest BCUT2D eigenvalue weighted by Gasteiger charge is -2.32. The summed E-state index contributed by atoms with van der Waals surface area (Å²) >= 11 is 0. The van der Waals surface area contributed by atoms with Crippen LogP contribution in [0.5, 0.6) is 0 Å². The topological polar surface area (TPSA) is 47.9 Å². The van der Waals surface area contributed by atoms with Crippen molar-refractivity contribution in [2.75, 3.05) is 0 Å². The molecule has 0 aromatic heterocycles. The maximum atomic E-state index is 9.53. The molecule has 97 valence electrons. The third-order valence-electron chi connectivity index (χ3n) is 3.76. The van der Waals surface area contributed by atoms with Gasteiger partial charge >= 0.3 is 14.4 Å². The summed E-state index contributed by atoms with van der Waals surface area (Å²) in [6.07, 6.45) is -0.568. The van der Waals surface area contributed by atoms with Gasteiger partial charge in [0.25, 0.3) is 0 Å². The van der Waals surface area contributed by atoms with Crippen LogP contribution in [0.1, 0.15) is 48.5 Å². The van der Waals surface area contributed by atoms with Crippen LogP contribution in [-0.4, -0.2) is 42.4 Å². The van der Waals surface area contributed by atoms with Crippen LogP contribution in [-0.2, 0) is 14.0 Å². The lowest BCUT2D eigenvalue weighted by atomic mass is 9.55. The minimum atomic E-state index is -0.649. The van der Waals surface area contributed by atoms with E-state index in [2.05, 4.69) is 0 Å². The monoisotopic (exact) mass is 241 g/mol. The van der Waals surface area contributed by atoms with Gasteiger partial charge in [0, 0.05) is 0 Å². The molecule has 1 heterocycles. The summed E-state index contributed by atoms with van der Waals surface area (Å²) in [6, 6.07) is 0. The zero-order chi connectivity index (χ0) is 13.5. The first-order valence-electron chi connectivity index (χ1n) is 6.03. The third-order valence-corrected chi connectivity index (χ3v) is 3.76. The van der Waals surface area contributed by atoms with E-state index in [1.807, 2.05) is 41.5 Å². The number of aliphatic hydroxyl groups is 1. The van der Waals surface area contributed by atoms with Crippen molar-refractivity contribution in [1.29, 1.82) is 0 Å². The van der Waals surface area contributed by atoms with Crippen LogP contribution in [0.15, 0.2) is 0 Å². The second-order valence-electron chi connectivity index (χ2n) is 6.16. The summed E-state index contributed by atoms with van der Waals surface area (Å²) in [5.74, 6) is 0. The predicted molar refractivity (Wildman–Crippen MR) is 68.7 cm³/mol. The van der Waals surface area contributed by atoms with Gasteiger partial charge in [0.05, 0.1) is 22.9 Å². The van der Waals surface area contributed by atoms with Crippen molar-refractivity contribution in [3.8, 4) is 0 Å². The Balaban J connectivity index is 2.52. The van der Waals surface area contributed by atoms with E-state index in [1.54, 1.807) is 6.92 Å². The highest BCUT2D eigenvalue weighted by Crippen LogP contribution is 2.36. The van der Waals surface area contributed by atoms with Crippen molar-refractivity contribution >= 4 is 14.4 Å². The van der Waals surface area contributed by atoms with Gasteiger partial charge in [-0.3, -0.25) is 0 Å². The Labute approximate surface area is 105 Å². The molecule has 0 amide bonds. The van der Waals surface area contributed by atoms with E-state index >= 15 is 0 Å². The van der Waals surface area contributed by atoms with Gasteiger partial charge in [-0.1, -0.05) is 0 Å². The van der Waals surface area contributed by atoms with Crippen molar-refractivity contribution in [1.82, 2.24) is 0 Å². The highest BCUT2D eigenvalue weighted by molar-refractivity contribution is 7.03. The second-order valence-corrected chi connectivity index (χ2v) is 6.16. The van der Waals surface area contributed by atoms with Gasteiger partial charge in [-0.15, -0.1) is 0 Å². The molecule has 1 aliphatic heterocycles. The molecule has 17 heavy (non-hydrogen) atoms. The summed E-state index contributed by atoms with van der Waals surface area (Å²) in [4.78, 5) is 0. The molecule has 1 unspecified atom stereocenters. The summed E-state index contributed by atoms with van der Waals surface area (Å²) < 4.78 is 17.0. The first-order valence-corrected chi connectivity index (χ1v) is 6.03. The molecule has 4 nitrogen and oxygen atoms in total. The average Bonchev–Trinajstić information content (AvgIpc) is 2.32. The number of hydrogen-bond donors (Lipinski definition) is 1. The molecule has 1 atom stereocenters. The molecule has 0 aromatic rings. The Morgan fingerprint density at radius 2 is 1.59 bits per heavy atom. The molecular weight excluding hydrogens is 218 g/mol. The SMILES string of the molecule is CC(O)C(C)(C)O[B]B1OC(C)(C)C(C)(C)O1. The van der Waals surface area contributed by atoms with Crippen molar-refractivity contribution in [3.63, 3.8) is 0 Å². The quantitative estimate of drug-likeness (QED) is 0.755. The first-order chi connectivity index (χ1) is 7.48. The Morgan fingerprint density at radius 1 is 1.18 bits per heavy atom. The van der Waals surface area contributed by atoms with Crippen molar-refractivity contribution in [3.05, 3.63) is 0 Å². The molecule has 0 saturated carbocycles. The number of rotatable bonds is 4. The molecule has 6 heteroatoms. The van der Waals surface area contributed by atoms with Crippen LogP contribution in [0.3, 0.4) is 0 Å². The molecule has 0 aliphatic carbocycles. The van der Waals surface area contributed by atoms with Crippen LogP contribution >= 0.6 is 0 Å².